The summed E-state index contributed by atoms with van der Waals surface area (Å²) in [4.78, 5) is 15.4. The maximum Gasteiger partial charge on any atom is 0.416 e. The van der Waals surface area contributed by atoms with E-state index in [9.17, 15) is 22.4 Å². The Morgan fingerprint density at radius 1 is 0.950 bits per heavy atom. The molecule has 9 heteroatoms. The first-order valence-corrected chi connectivity index (χ1v) is 13.8. The van der Waals surface area contributed by atoms with Gasteiger partial charge in [-0.15, -0.1) is 0 Å². The molecule has 1 heterocycles. The van der Waals surface area contributed by atoms with E-state index in [1.807, 2.05) is 24.3 Å². The van der Waals surface area contributed by atoms with Crippen molar-refractivity contribution in [1.29, 1.82) is 0 Å². The molecule has 1 aliphatic heterocycles. The Bertz CT molecular complexity index is 1330. The monoisotopic (exact) mass is 554 g/mol. The molecule has 0 radical (unpaired) electrons. The maximum atomic E-state index is 13.5. The van der Waals surface area contributed by atoms with Crippen molar-refractivity contribution in [2.24, 2.45) is 0 Å². The van der Waals surface area contributed by atoms with Gasteiger partial charge in [0.2, 0.25) is 5.91 Å². The predicted octanol–water partition coefficient (Wildman–Crippen LogP) is 6.56. The van der Waals surface area contributed by atoms with Crippen LogP contribution in [-0.2, 0) is 16.5 Å². The highest BCUT2D eigenvalue weighted by molar-refractivity contribution is 5.92. The Morgan fingerprint density at radius 3 is 2.30 bits per heavy atom. The molecule has 0 bridgehead atoms. The molecule has 4 N–H and O–H groups in total. The third kappa shape index (κ3) is 6.31. The lowest BCUT2D eigenvalue weighted by Gasteiger charge is -2.45. The fourth-order valence-corrected chi connectivity index (χ4v) is 6.04. The number of amides is 1. The van der Waals surface area contributed by atoms with Crippen LogP contribution < -0.4 is 16.4 Å². The number of halogens is 4. The molecule has 212 valence electrons. The topological polar surface area (TPSA) is 70.4 Å². The summed E-state index contributed by atoms with van der Waals surface area (Å²) >= 11 is 0. The van der Waals surface area contributed by atoms with Crippen molar-refractivity contribution in [3.63, 3.8) is 0 Å². The Labute approximate surface area is 231 Å². The van der Waals surface area contributed by atoms with Crippen LogP contribution >= 0.6 is 0 Å². The minimum Gasteiger partial charge on any atom is -0.396 e. The van der Waals surface area contributed by atoms with Crippen LogP contribution in [0.2, 0.25) is 0 Å². The third-order valence-electron chi connectivity index (χ3n) is 8.32. The van der Waals surface area contributed by atoms with E-state index in [-0.39, 0.29) is 18.1 Å². The van der Waals surface area contributed by atoms with Crippen LogP contribution in [0.5, 0.6) is 0 Å². The summed E-state index contributed by atoms with van der Waals surface area (Å²) in [6, 6.07) is 17.6. The van der Waals surface area contributed by atoms with E-state index >= 15 is 0 Å². The fourth-order valence-electron chi connectivity index (χ4n) is 6.04. The van der Waals surface area contributed by atoms with Gasteiger partial charge in [-0.3, -0.25) is 10.1 Å². The molecular formula is C31H34F4N4O. The van der Waals surface area contributed by atoms with Crippen molar-refractivity contribution in [3.8, 4) is 11.1 Å². The molecule has 1 aliphatic carbocycles. The lowest BCUT2D eigenvalue weighted by Crippen LogP contribution is -2.54. The van der Waals surface area contributed by atoms with Crippen molar-refractivity contribution in [2.45, 2.75) is 56.3 Å². The summed E-state index contributed by atoms with van der Waals surface area (Å²) in [7, 11) is 0. The SMILES string of the molecule is Nc1cc(NC(=O)CNC2(c3ccc(-c4cccc(C(F)(F)F)c4)cc3)CCN(C3CCCC3)CC2)ccc1F. The van der Waals surface area contributed by atoms with Crippen molar-refractivity contribution in [1.82, 2.24) is 10.2 Å². The summed E-state index contributed by atoms with van der Waals surface area (Å²) in [6.45, 7) is 1.82. The molecule has 3 aromatic carbocycles. The number of benzene rings is 3. The van der Waals surface area contributed by atoms with Gasteiger partial charge in [0.25, 0.3) is 0 Å². The number of piperidine rings is 1. The average Bonchev–Trinajstić information content (AvgIpc) is 3.49. The molecule has 1 saturated heterocycles. The van der Waals surface area contributed by atoms with E-state index in [2.05, 4.69) is 15.5 Å². The van der Waals surface area contributed by atoms with E-state index in [0.29, 0.717) is 22.9 Å². The van der Waals surface area contributed by atoms with Crippen LogP contribution in [0.15, 0.2) is 66.7 Å². The molecule has 0 unspecified atom stereocenters. The van der Waals surface area contributed by atoms with Crippen LogP contribution in [-0.4, -0.2) is 36.5 Å². The van der Waals surface area contributed by atoms with Crippen molar-refractivity contribution in [2.75, 3.05) is 30.7 Å². The summed E-state index contributed by atoms with van der Waals surface area (Å²) in [6.07, 6.45) is 2.14. The van der Waals surface area contributed by atoms with Gasteiger partial charge in [0.1, 0.15) is 5.82 Å². The van der Waals surface area contributed by atoms with E-state index in [1.165, 1.54) is 49.9 Å². The van der Waals surface area contributed by atoms with Gasteiger partial charge in [0, 0.05) is 30.4 Å². The lowest BCUT2D eigenvalue weighted by atomic mass is 9.79. The Hall–Kier alpha value is -3.43. The van der Waals surface area contributed by atoms with E-state index in [1.54, 1.807) is 6.07 Å². The molecule has 1 saturated carbocycles. The molecule has 0 atom stereocenters. The van der Waals surface area contributed by atoms with E-state index < -0.39 is 23.1 Å². The summed E-state index contributed by atoms with van der Waals surface area (Å²) < 4.78 is 53.2. The van der Waals surface area contributed by atoms with Gasteiger partial charge in [0.15, 0.2) is 0 Å². The zero-order valence-corrected chi connectivity index (χ0v) is 22.2. The van der Waals surface area contributed by atoms with Crippen LogP contribution in [0.3, 0.4) is 0 Å². The Morgan fingerprint density at radius 2 is 1.65 bits per heavy atom. The summed E-state index contributed by atoms with van der Waals surface area (Å²) in [5.74, 6) is -0.818. The number of rotatable bonds is 7. The number of hydrogen-bond donors (Lipinski definition) is 3. The number of carbonyl (C=O) groups is 1. The first-order valence-electron chi connectivity index (χ1n) is 13.8. The second-order valence-electron chi connectivity index (χ2n) is 10.9. The van der Waals surface area contributed by atoms with Gasteiger partial charge in [-0.1, -0.05) is 49.2 Å². The van der Waals surface area contributed by atoms with Gasteiger partial charge >= 0.3 is 6.18 Å². The van der Waals surface area contributed by atoms with Gasteiger partial charge in [-0.05, 0) is 72.7 Å². The maximum absolute atomic E-state index is 13.5. The largest absolute Gasteiger partial charge is 0.416 e. The number of nitrogens with one attached hydrogen (secondary N) is 2. The molecule has 5 rings (SSSR count). The van der Waals surface area contributed by atoms with Gasteiger partial charge in [-0.2, -0.15) is 13.2 Å². The third-order valence-corrected chi connectivity index (χ3v) is 8.32. The molecule has 40 heavy (non-hydrogen) atoms. The second kappa shape index (κ2) is 11.6. The number of hydrogen-bond acceptors (Lipinski definition) is 4. The predicted molar refractivity (Wildman–Crippen MR) is 149 cm³/mol. The molecule has 2 fully saturated rings. The van der Waals surface area contributed by atoms with Crippen LogP contribution in [0.25, 0.3) is 11.1 Å². The smallest absolute Gasteiger partial charge is 0.396 e. The van der Waals surface area contributed by atoms with Crippen molar-refractivity contribution >= 4 is 17.3 Å². The number of nitrogen functional groups attached to an aromatic ring is 1. The highest BCUT2D eigenvalue weighted by atomic mass is 19.4. The number of anilines is 2. The first kappa shape index (κ1) is 28.1. The quantitative estimate of drug-likeness (QED) is 0.229. The molecule has 3 aromatic rings. The number of nitrogens with two attached hydrogens (primary N) is 1. The number of likely N-dealkylation sites (tertiary alicyclic amines) is 1. The Balaban J connectivity index is 1.34. The second-order valence-corrected chi connectivity index (χ2v) is 10.9. The molecule has 2 aliphatic rings. The molecule has 0 spiro atoms. The van der Waals surface area contributed by atoms with E-state index in [0.717, 1.165) is 43.6 Å². The fraction of sp³-hybridized carbons (Fsp3) is 0.387. The van der Waals surface area contributed by atoms with E-state index in [4.69, 9.17) is 5.73 Å². The van der Waals surface area contributed by atoms with Gasteiger partial charge < -0.3 is 16.0 Å². The van der Waals surface area contributed by atoms with Crippen molar-refractivity contribution in [3.05, 3.63) is 83.7 Å². The highest BCUT2D eigenvalue weighted by Gasteiger charge is 2.38. The van der Waals surface area contributed by atoms with Crippen LogP contribution in [0.4, 0.5) is 28.9 Å². The molecular weight excluding hydrogens is 520 g/mol. The number of alkyl halides is 3. The summed E-state index contributed by atoms with van der Waals surface area (Å²) in [5.41, 5.74) is 7.04. The standard InChI is InChI=1S/C31H34F4N4O/c32-27-13-12-25(19-28(27)36)38-29(40)20-37-30(14-16-39(17-15-30)26-6-1-2-7-26)23-10-8-21(9-11-23)22-4-3-5-24(18-22)31(33,34)35/h3-5,8-13,18-19,26,37H,1-2,6-7,14-17,20,36H2,(H,38,40). The minimum atomic E-state index is -4.41. The minimum absolute atomic E-state index is 0.0378. The van der Waals surface area contributed by atoms with Gasteiger partial charge in [-0.25, -0.2) is 4.39 Å². The zero-order valence-electron chi connectivity index (χ0n) is 22.2. The molecule has 5 nitrogen and oxygen atoms in total. The molecule has 0 aromatic heterocycles. The summed E-state index contributed by atoms with van der Waals surface area (Å²) in [5, 5.41) is 6.27. The van der Waals surface area contributed by atoms with Crippen molar-refractivity contribution < 1.29 is 22.4 Å². The van der Waals surface area contributed by atoms with Gasteiger partial charge in [0.05, 0.1) is 17.8 Å². The number of nitrogens with zero attached hydrogens (tertiary/aromatic N) is 1. The Kier molecular flexibility index (Phi) is 8.14. The van der Waals surface area contributed by atoms with Crippen LogP contribution in [0, 0.1) is 5.82 Å². The highest BCUT2D eigenvalue weighted by Crippen LogP contribution is 2.37. The number of carbonyl (C=O) groups excluding carboxylic acids is 1. The lowest BCUT2D eigenvalue weighted by molar-refractivity contribution is -0.137. The first-order chi connectivity index (χ1) is 19.1. The average molecular weight is 555 g/mol. The van der Waals surface area contributed by atoms with Crippen LogP contribution in [0.1, 0.15) is 49.7 Å². The normalized spacial score (nSPS) is 18.1. The molecule has 1 amide bonds. The zero-order chi connectivity index (χ0) is 28.3.